The Bertz CT molecular complexity index is 485. The molecule has 0 aromatic heterocycles. The van der Waals surface area contributed by atoms with Crippen molar-refractivity contribution in [1.82, 2.24) is 5.32 Å². The van der Waals surface area contributed by atoms with E-state index in [1.54, 1.807) is 12.1 Å². The second-order valence-corrected chi connectivity index (χ2v) is 6.08. The molecule has 1 aliphatic rings. The molecule has 0 saturated heterocycles. The molecule has 0 spiro atoms. The molecular formula is C16H23ClN2O2. The van der Waals surface area contributed by atoms with Crippen molar-refractivity contribution in [3.05, 3.63) is 28.8 Å². The van der Waals surface area contributed by atoms with E-state index in [0.717, 1.165) is 18.4 Å². The summed E-state index contributed by atoms with van der Waals surface area (Å²) in [4.78, 5) is 11.9. The third-order valence-corrected chi connectivity index (χ3v) is 4.11. The quantitative estimate of drug-likeness (QED) is 0.878. The molecule has 2 rings (SSSR count). The minimum Gasteiger partial charge on any atom is -0.482 e. The topological polar surface area (TPSA) is 64.3 Å². The van der Waals surface area contributed by atoms with Crippen molar-refractivity contribution in [2.75, 3.05) is 6.61 Å². The molecule has 3 N–H and O–H groups in total. The van der Waals surface area contributed by atoms with E-state index in [-0.39, 0.29) is 18.6 Å². The Kier molecular flexibility index (Phi) is 5.88. The summed E-state index contributed by atoms with van der Waals surface area (Å²) in [6.07, 6.45) is 5.78. The summed E-state index contributed by atoms with van der Waals surface area (Å²) < 4.78 is 5.49. The standard InChI is InChI=1S/C16H23ClN2O2/c1-11(18)12-7-8-15(14(17)9-12)21-10-16(20)19-13-5-3-2-4-6-13/h7-9,11,13H,2-6,10,18H2,1H3,(H,19,20)/t11-/m1/s1. The first-order valence-corrected chi connectivity index (χ1v) is 7.91. The third kappa shape index (κ3) is 4.90. The number of halogens is 1. The molecule has 0 unspecified atom stereocenters. The molecule has 116 valence electrons. The molecule has 1 aromatic carbocycles. The van der Waals surface area contributed by atoms with E-state index in [1.165, 1.54) is 19.3 Å². The Balaban J connectivity index is 1.83. The first-order chi connectivity index (χ1) is 10.1. The molecule has 1 atom stereocenters. The highest BCUT2D eigenvalue weighted by Crippen LogP contribution is 2.27. The van der Waals surface area contributed by atoms with Crippen molar-refractivity contribution in [3.63, 3.8) is 0 Å². The number of nitrogens with one attached hydrogen (secondary N) is 1. The highest BCUT2D eigenvalue weighted by Gasteiger charge is 2.16. The molecule has 1 saturated carbocycles. The summed E-state index contributed by atoms with van der Waals surface area (Å²) in [5.74, 6) is 0.425. The number of amides is 1. The van der Waals surface area contributed by atoms with Gasteiger partial charge in [0.25, 0.3) is 5.91 Å². The third-order valence-electron chi connectivity index (χ3n) is 3.81. The van der Waals surface area contributed by atoms with Gasteiger partial charge < -0.3 is 15.8 Å². The van der Waals surface area contributed by atoms with Crippen LogP contribution in [0, 0.1) is 0 Å². The smallest absolute Gasteiger partial charge is 0.258 e. The summed E-state index contributed by atoms with van der Waals surface area (Å²) in [5, 5.41) is 3.49. The van der Waals surface area contributed by atoms with Gasteiger partial charge in [0, 0.05) is 12.1 Å². The number of carbonyl (C=O) groups is 1. The van der Waals surface area contributed by atoms with Gasteiger partial charge in [-0.1, -0.05) is 36.9 Å². The molecular weight excluding hydrogens is 288 g/mol. The lowest BCUT2D eigenvalue weighted by atomic mass is 9.95. The van der Waals surface area contributed by atoms with Gasteiger partial charge >= 0.3 is 0 Å². The fourth-order valence-corrected chi connectivity index (χ4v) is 2.82. The average molecular weight is 311 g/mol. The van der Waals surface area contributed by atoms with Gasteiger partial charge in [-0.05, 0) is 37.5 Å². The van der Waals surface area contributed by atoms with Crippen LogP contribution in [0.4, 0.5) is 0 Å². The first-order valence-electron chi connectivity index (χ1n) is 7.53. The Morgan fingerprint density at radius 2 is 2.14 bits per heavy atom. The van der Waals surface area contributed by atoms with Crippen LogP contribution < -0.4 is 15.8 Å². The van der Waals surface area contributed by atoms with Gasteiger partial charge in [0.15, 0.2) is 6.61 Å². The molecule has 0 aliphatic heterocycles. The summed E-state index contributed by atoms with van der Waals surface area (Å²) in [6.45, 7) is 1.89. The van der Waals surface area contributed by atoms with Gasteiger partial charge in [0.05, 0.1) is 5.02 Å². The van der Waals surface area contributed by atoms with Crippen LogP contribution in [0.1, 0.15) is 50.6 Å². The summed E-state index contributed by atoms with van der Waals surface area (Å²) >= 11 is 6.14. The van der Waals surface area contributed by atoms with Crippen LogP contribution in [0.15, 0.2) is 18.2 Å². The second-order valence-electron chi connectivity index (χ2n) is 5.67. The van der Waals surface area contributed by atoms with Crippen LogP contribution in [0.3, 0.4) is 0 Å². The average Bonchev–Trinajstić information content (AvgIpc) is 2.47. The van der Waals surface area contributed by atoms with E-state index >= 15 is 0 Å². The first kappa shape index (κ1) is 16.1. The number of hydrogen-bond donors (Lipinski definition) is 2. The molecule has 21 heavy (non-hydrogen) atoms. The summed E-state index contributed by atoms with van der Waals surface area (Å²) in [5.41, 5.74) is 6.74. The van der Waals surface area contributed by atoms with Crippen molar-refractivity contribution < 1.29 is 9.53 Å². The fourth-order valence-electron chi connectivity index (χ4n) is 2.58. The normalized spacial score (nSPS) is 17.3. The Labute approximate surface area is 131 Å². The Hall–Kier alpha value is -1.26. The van der Waals surface area contributed by atoms with Crippen molar-refractivity contribution in [3.8, 4) is 5.75 Å². The molecule has 5 heteroatoms. The maximum absolute atomic E-state index is 11.9. The van der Waals surface area contributed by atoms with Gasteiger partial charge in [-0.3, -0.25) is 4.79 Å². The zero-order valence-electron chi connectivity index (χ0n) is 12.4. The number of carbonyl (C=O) groups excluding carboxylic acids is 1. The Morgan fingerprint density at radius 1 is 1.43 bits per heavy atom. The van der Waals surface area contributed by atoms with E-state index in [4.69, 9.17) is 22.1 Å². The predicted octanol–water partition coefficient (Wildman–Crippen LogP) is 3.19. The number of nitrogens with two attached hydrogens (primary N) is 1. The minimum atomic E-state index is -0.0887. The highest BCUT2D eigenvalue weighted by molar-refractivity contribution is 6.32. The van der Waals surface area contributed by atoms with Crippen LogP contribution in [0.25, 0.3) is 0 Å². The van der Waals surface area contributed by atoms with Crippen LogP contribution in [-0.4, -0.2) is 18.6 Å². The monoisotopic (exact) mass is 310 g/mol. The number of benzene rings is 1. The molecule has 1 fully saturated rings. The zero-order chi connectivity index (χ0) is 15.2. The lowest BCUT2D eigenvalue weighted by molar-refractivity contribution is -0.124. The molecule has 0 heterocycles. The molecule has 1 amide bonds. The zero-order valence-corrected chi connectivity index (χ0v) is 13.2. The predicted molar refractivity (Wildman–Crippen MR) is 84.6 cm³/mol. The molecule has 4 nitrogen and oxygen atoms in total. The van der Waals surface area contributed by atoms with E-state index < -0.39 is 0 Å². The van der Waals surface area contributed by atoms with Crippen molar-refractivity contribution in [2.45, 2.75) is 51.1 Å². The summed E-state index contributed by atoms with van der Waals surface area (Å²) in [6, 6.07) is 5.62. The number of rotatable bonds is 5. The molecule has 0 bridgehead atoms. The highest BCUT2D eigenvalue weighted by atomic mass is 35.5. The summed E-state index contributed by atoms with van der Waals surface area (Å²) in [7, 11) is 0. The van der Waals surface area contributed by atoms with Gasteiger partial charge in [-0.15, -0.1) is 0 Å². The van der Waals surface area contributed by atoms with Crippen molar-refractivity contribution in [1.29, 1.82) is 0 Å². The molecule has 1 aliphatic carbocycles. The van der Waals surface area contributed by atoms with Crippen LogP contribution in [0.2, 0.25) is 5.02 Å². The lowest BCUT2D eigenvalue weighted by Gasteiger charge is -2.22. The lowest BCUT2D eigenvalue weighted by Crippen LogP contribution is -2.39. The van der Waals surface area contributed by atoms with Crippen LogP contribution >= 0.6 is 11.6 Å². The van der Waals surface area contributed by atoms with E-state index in [1.807, 2.05) is 13.0 Å². The number of hydrogen-bond acceptors (Lipinski definition) is 3. The molecule has 0 radical (unpaired) electrons. The largest absolute Gasteiger partial charge is 0.482 e. The maximum Gasteiger partial charge on any atom is 0.258 e. The minimum absolute atomic E-state index is 0.00621. The van der Waals surface area contributed by atoms with Gasteiger partial charge in [0.2, 0.25) is 0 Å². The van der Waals surface area contributed by atoms with Crippen LogP contribution in [-0.2, 0) is 4.79 Å². The second kappa shape index (κ2) is 7.66. The van der Waals surface area contributed by atoms with Gasteiger partial charge in [-0.25, -0.2) is 0 Å². The van der Waals surface area contributed by atoms with Gasteiger partial charge in [-0.2, -0.15) is 0 Å². The Morgan fingerprint density at radius 3 is 2.76 bits per heavy atom. The van der Waals surface area contributed by atoms with E-state index in [0.29, 0.717) is 16.8 Å². The maximum atomic E-state index is 11.9. The SMILES string of the molecule is C[C@@H](N)c1ccc(OCC(=O)NC2CCCCC2)c(Cl)c1. The number of ether oxygens (including phenoxy) is 1. The fraction of sp³-hybridized carbons (Fsp3) is 0.562. The van der Waals surface area contributed by atoms with Gasteiger partial charge in [0.1, 0.15) is 5.75 Å². The van der Waals surface area contributed by atoms with E-state index in [9.17, 15) is 4.79 Å². The van der Waals surface area contributed by atoms with E-state index in [2.05, 4.69) is 5.32 Å². The van der Waals surface area contributed by atoms with Crippen molar-refractivity contribution in [2.24, 2.45) is 5.73 Å². The molecule has 1 aromatic rings. The van der Waals surface area contributed by atoms with Crippen LogP contribution in [0.5, 0.6) is 5.75 Å². The van der Waals surface area contributed by atoms with Crippen molar-refractivity contribution >= 4 is 17.5 Å².